The van der Waals surface area contributed by atoms with Gasteiger partial charge in [-0.3, -0.25) is 0 Å². The van der Waals surface area contributed by atoms with Crippen LogP contribution in [0, 0.1) is 12.8 Å². The van der Waals surface area contributed by atoms with E-state index < -0.39 is 0 Å². The molecule has 2 heteroatoms. The molecule has 3 rings (SSSR count). The van der Waals surface area contributed by atoms with Crippen LogP contribution in [0.1, 0.15) is 30.3 Å². The number of aryl methyl sites for hydroxylation is 2. The summed E-state index contributed by atoms with van der Waals surface area (Å²) < 4.78 is 2.28. The minimum Gasteiger partial charge on any atom is -0.304 e. The Bertz CT molecular complexity index is 510. The summed E-state index contributed by atoms with van der Waals surface area (Å²) in [7, 11) is 0. The van der Waals surface area contributed by atoms with Crippen molar-refractivity contribution in [3.8, 4) is 0 Å². The molecule has 0 bridgehead atoms. The molecule has 2 aromatic heterocycles. The molecule has 0 radical (unpaired) electrons. The molecule has 0 aromatic carbocycles. The summed E-state index contributed by atoms with van der Waals surface area (Å²) in [6.45, 7) is 4.47. The Hall–Kier alpha value is -1.31. The minimum atomic E-state index is 0.804. The highest BCUT2D eigenvalue weighted by molar-refractivity contribution is 5.50. The third-order valence-electron chi connectivity index (χ3n) is 3.44. The highest BCUT2D eigenvalue weighted by Crippen LogP contribution is 2.26. The van der Waals surface area contributed by atoms with Crippen molar-refractivity contribution < 1.29 is 0 Å². The SMILES string of the molecule is Cc1cccn2c3c(nc12)CCC(C)C3. The quantitative estimate of drug-likeness (QED) is 0.639. The van der Waals surface area contributed by atoms with Gasteiger partial charge in [-0.25, -0.2) is 4.98 Å². The van der Waals surface area contributed by atoms with Gasteiger partial charge in [0.15, 0.2) is 0 Å². The molecule has 0 aliphatic heterocycles. The number of hydrogen-bond acceptors (Lipinski definition) is 1. The van der Waals surface area contributed by atoms with Crippen LogP contribution in [-0.4, -0.2) is 9.38 Å². The average Bonchev–Trinajstić information content (AvgIpc) is 2.58. The van der Waals surface area contributed by atoms with Gasteiger partial charge in [0.2, 0.25) is 0 Å². The van der Waals surface area contributed by atoms with Gasteiger partial charge in [0, 0.05) is 11.9 Å². The van der Waals surface area contributed by atoms with Gasteiger partial charge in [-0.15, -0.1) is 0 Å². The molecule has 2 nitrogen and oxygen atoms in total. The summed E-state index contributed by atoms with van der Waals surface area (Å²) in [6.07, 6.45) is 5.76. The molecule has 1 aliphatic rings. The molecule has 15 heavy (non-hydrogen) atoms. The number of nitrogens with zero attached hydrogens (tertiary/aromatic N) is 2. The van der Waals surface area contributed by atoms with Crippen LogP contribution < -0.4 is 0 Å². The third-order valence-corrected chi connectivity index (χ3v) is 3.44. The van der Waals surface area contributed by atoms with Crippen LogP contribution in [0.3, 0.4) is 0 Å². The van der Waals surface area contributed by atoms with Crippen LogP contribution in [0.15, 0.2) is 18.3 Å². The molecule has 0 saturated heterocycles. The van der Waals surface area contributed by atoms with Crippen molar-refractivity contribution in [2.24, 2.45) is 5.92 Å². The Balaban J connectivity index is 2.29. The van der Waals surface area contributed by atoms with Gasteiger partial charge in [0.25, 0.3) is 0 Å². The second-order valence-corrected chi connectivity index (χ2v) is 4.74. The first-order valence-electron chi connectivity index (χ1n) is 5.71. The topological polar surface area (TPSA) is 17.3 Å². The lowest BCUT2D eigenvalue weighted by atomic mass is 9.91. The maximum absolute atomic E-state index is 4.75. The molecular weight excluding hydrogens is 184 g/mol. The van der Waals surface area contributed by atoms with Gasteiger partial charge < -0.3 is 4.40 Å². The molecule has 0 saturated carbocycles. The Labute approximate surface area is 90.0 Å². The maximum atomic E-state index is 4.75. The molecule has 78 valence electrons. The van der Waals surface area contributed by atoms with E-state index in [0.717, 1.165) is 18.0 Å². The minimum absolute atomic E-state index is 0.804. The molecule has 0 spiro atoms. The molecule has 0 N–H and O–H groups in total. The first-order chi connectivity index (χ1) is 7.25. The number of pyridine rings is 1. The highest BCUT2D eigenvalue weighted by atomic mass is 15.0. The summed E-state index contributed by atoms with van der Waals surface area (Å²) in [5.74, 6) is 0.804. The Morgan fingerprint density at radius 3 is 3.20 bits per heavy atom. The average molecular weight is 200 g/mol. The van der Waals surface area contributed by atoms with Crippen LogP contribution in [0.25, 0.3) is 5.65 Å². The van der Waals surface area contributed by atoms with E-state index in [0.29, 0.717) is 0 Å². The zero-order valence-electron chi connectivity index (χ0n) is 9.33. The fraction of sp³-hybridized carbons (Fsp3) is 0.462. The first-order valence-corrected chi connectivity index (χ1v) is 5.71. The summed E-state index contributed by atoms with van der Waals surface area (Å²) >= 11 is 0. The van der Waals surface area contributed by atoms with Crippen LogP contribution in [-0.2, 0) is 12.8 Å². The van der Waals surface area contributed by atoms with Crippen molar-refractivity contribution >= 4 is 5.65 Å². The van der Waals surface area contributed by atoms with Crippen molar-refractivity contribution in [2.75, 3.05) is 0 Å². The van der Waals surface area contributed by atoms with Crippen LogP contribution in [0.5, 0.6) is 0 Å². The van der Waals surface area contributed by atoms with E-state index in [1.54, 1.807) is 0 Å². The van der Waals surface area contributed by atoms with Crippen LogP contribution in [0.4, 0.5) is 0 Å². The van der Waals surface area contributed by atoms with Crippen LogP contribution in [0.2, 0.25) is 0 Å². The van der Waals surface area contributed by atoms with Crippen molar-refractivity contribution in [3.63, 3.8) is 0 Å². The van der Waals surface area contributed by atoms with E-state index >= 15 is 0 Å². The molecule has 1 atom stereocenters. The van der Waals surface area contributed by atoms with Gasteiger partial charge in [0.05, 0.1) is 5.69 Å². The van der Waals surface area contributed by atoms with E-state index in [4.69, 9.17) is 4.98 Å². The fourth-order valence-electron chi connectivity index (χ4n) is 2.53. The number of rotatable bonds is 0. The smallest absolute Gasteiger partial charge is 0.140 e. The van der Waals surface area contributed by atoms with Gasteiger partial charge in [-0.05, 0) is 43.7 Å². The lowest BCUT2D eigenvalue weighted by molar-refractivity contribution is 0.488. The number of fused-ring (bicyclic) bond motifs is 3. The van der Waals surface area contributed by atoms with Crippen molar-refractivity contribution in [2.45, 2.75) is 33.1 Å². The normalized spacial score (nSPS) is 20.5. The van der Waals surface area contributed by atoms with E-state index in [9.17, 15) is 0 Å². The predicted molar refractivity (Wildman–Crippen MR) is 61.1 cm³/mol. The number of aromatic nitrogens is 2. The molecule has 0 amide bonds. The summed E-state index contributed by atoms with van der Waals surface area (Å²) in [4.78, 5) is 4.75. The molecule has 1 unspecified atom stereocenters. The molecule has 2 aromatic rings. The van der Waals surface area contributed by atoms with Gasteiger partial charge in [-0.2, -0.15) is 0 Å². The monoisotopic (exact) mass is 200 g/mol. The summed E-state index contributed by atoms with van der Waals surface area (Å²) in [6, 6.07) is 4.25. The van der Waals surface area contributed by atoms with E-state index in [-0.39, 0.29) is 0 Å². The largest absolute Gasteiger partial charge is 0.304 e. The lowest BCUT2D eigenvalue weighted by Gasteiger charge is -2.17. The standard InChI is InChI=1S/C13H16N2/c1-9-5-6-11-12(8-9)15-7-3-4-10(2)13(15)14-11/h3-4,7,9H,5-6,8H2,1-2H3. The van der Waals surface area contributed by atoms with Crippen molar-refractivity contribution in [1.82, 2.24) is 9.38 Å². The van der Waals surface area contributed by atoms with Gasteiger partial charge >= 0.3 is 0 Å². The Morgan fingerprint density at radius 1 is 1.47 bits per heavy atom. The molecular formula is C13H16N2. The second kappa shape index (κ2) is 3.09. The highest BCUT2D eigenvalue weighted by Gasteiger charge is 2.20. The Kier molecular flexibility index (Phi) is 1.84. The summed E-state index contributed by atoms with van der Waals surface area (Å²) in [5.41, 5.74) is 5.19. The van der Waals surface area contributed by atoms with Crippen molar-refractivity contribution in [3.05, 3.63) is 35.3 Å². The van der Waals surface area contributed by atoms with E-state index in [1.165, 1.54) is 29.8 Å². The Morgan fingerprint density at radius 2 is 2.33 bits per heavy atom. The van der Waals surface area contributed by atoms with Gasteiger partial charge in [-0.1, -0.05) is 13.0 Å². The maximum Gasteiger partial charge on any atom is 0.140 e. The second-order valence-electron chi connectivity index (χ2n) is 4.74. The zero-order valence-corrected chi connectivity index (χ0v) is 9.33. The van der Waals surface area contributed by atoms with Crippen molar-refractivity contribution in [1.29, 1.82) is 0 Å². The lowest BCUT2D eigenvalue weighted by Crippen LogP contribution is -2.12. The predicted octanol–water partition coefficient (Wildman–Crippen LogP) is 2.77. The first kappa shape index (κ1) is 8.96. The van der Waals surface area contributed by atoms with Crippen LogP contribution >= 0.6 is 0 Å². The van der Waals surface area contributed by atoms with Gasteiger partial charge in [0.1, 0.15) is 5.65 Å². The fourth-order valence-corrected chi connectivity index (χ4v) is 2.53. The molecule has 2 heterocycles. The molecule has 1 aliphatic carbocycles. The number of imidazole rings is 1. The molecule has 0 fully saturated rings. The zero-order chi connectivity index (χ0) is 10.4. The van der Waals surface area contributed by atoms with E-state index in [1.807, 2.05) is 0 Å². The third kappa shape index (κ3) is 1.28. The summed E-state index contributed by atoms with van der Waals surface area (Å²) in [5, 5.41) is 0. The number of hydrogen-bond donors (Lipinski definition) is 0. The van der Waals surface area contributed by atoms with E-state index in [2.05, 4.69) is 36.6 Å².